The topological polar surface area (TPSA) is 12.0 Å². The van der Waals surface area contributed by atoms with Crippen LogP contribution >= 0.6 is 11.3 Å². The molecule has 0 amide bonds. The van der Waals surface area contributed by atoms with Gasteiger partial charge in [0.1, 0.15) is 0 Å². The van der Waals surface area contributed by atoms with E-state index in [1.54, 1.807) is 0 Å². The fraction of sp³-hybridized carbons (Fsp3) is 0.714. The minimum absolute atomic E-state index is 0.564. The van der Waals surface area contributed by atoms with Crippen molar-refractivity contribution in [2.75, 3.05) is 6.54 Å². The van der Waals surface area contributed by atoms with Crippen LogP contribution in [-0.4, -0.2) is 6.54 Å². The minimum atomic E-state index is 0.564. The van der Waals surface area contributed by atoms with Gasteiger partial charge in [0.2, 0.25) is 0 Å². The van der Waals surface area contributed by atoms with Crippen LogP contribution in [0.2, 0.25) is 0 Å². The third kappa shape index (κ3) is 4.26. The predicted octanol–water partition coefficient (Wildman–Crippen LogP) is 4.53. The Kier molecular flexibility index (Phi) is 6.07. The van der Waals surface area contributed by atoms with E-state index in [-0.39, 0.29) is 0 Å². The molecule has 0 spiro atoms. The van der Waals surface area contributed by atoms with Crippen LogP contribution < -0.4 is 5.32 Å². The molecule has 0 fully saturated rings. The van der Waals surface area contributed by atoms with Crippen LogP contribution in [0.1, 0.15) is 57.2 Å². The van der Waals surface area contributed by atoms with E-state index in [1.807, 2.05) is 11.3 Å². The van der Waals surface area contributed by atoms with Crippen molar-refractivity contribution in [1.82, 2.24) is 5.32 Å². The number of rotatable bonds is 7. The normalized spacial score (nSPS) is 13.3. The summed E-state index contributed by atoms with van der Waals surface area (Å²) in [4.78, 5) is 0. The van der Waals surface area contributed by atoms with Crippen molar-refractivity contribution in [2.45, 2.75) is 53.0 Å². The molecule has 1 atom stereocenters. The quantitative estimate of drug-likeness (QED) is 0.737. The van der Waals surface area contributed by atoms with E-state index in [9.17, 15) is 0 Å². The van der Waals surface area contributed by atoms with Gasteiger partial charge in [-0.05, 0) is 60.5 Å². The Balaban J connectivity index is 2.60. The SMILES string of the molecule is CCCNC(CCC(C)C)c1cscc1C. The largest absolute Gasteiger partial charge is 0.310 e. The smallest absolute Gasteiger partial charge is 0.0331 e. The molecule has 2 heteroatoms. The average molecular weight is 239 g/mol. The van der Waals surface area contributed by atoms with E-state index in [4.69, 9.17) is 0 Å². The van der Waals surface area contributed by atoms with Gasteiger partial charge in [-0.25, -0.2) is 0 Å². The molecule has 1 unspecified atom stereocenters. The fourth-order valence-electron chi connectivity index (χ4n) is 1.91. The summed E-state index contributed by atoms with van der Waals surface area (Å²) in [6.45, 7) is 10.2. The van der Waals surface area contributed by atoms with Gasteiger partial charge in [-0.1, -0.05) is 20.8 Å². The zero-order valence-electron chi connectivity index (χ0n) is 11.0. The Hall–Kier alpha value is -0.340. The van der Waals surface area contributed by atoms with Crippen molar-refractivity contribution in [3.63, 3.8) is 0 Å². The molecule has 1 N–H and O–H groups in total. The van der Waals surface area contributed by atoms with Crippen molar-refractivity contribution in [3.8, 4) is 0 Å². The van der Waals surface area contributed by atoms with Crippen LogP contribution in [0.3, 0.4) is 0 Å². The van der Waals surface area contributed by atoms with Gasteiger partial charge in [-0.2, -0.15) is 11.3 Å². The lowest BCUT2D eigenvalue weighted by atomic mass is 9.97. The molecule has 0 radical (unpaired) electrons. The average Bonchev–Trinajstić information content (AvgIpc) is 2.65. The number of hydrogen-bond donors (Lipinski definition) is 1. The third-order valence-electron chi connectivity index (χ3n) is 2.94. The summed E-state index contributed by atoms with van der Waals surface area (Å²) in [5.41, 5.74) is 2.96. The Morgan fingerprint density at radius 1 is 1.25 bits per heavy atom. The Morgan fingerprint density at radius 3 is 2.50 bits per heavy atom. The summed E-state index contributed by atoms with van der Waals surface area (Å²) in [6.07, 6.45) is 3.77. The van der Waals surface area contributed by atoms with Crippen molar-refractivity contribution < 1.29 is 0 Å². The van der Waals surface area contributed by atoms with Crippen molar-refractivity contribution in [3.05, 3.63) is 21.9 Å². The van der Waals surface area contributed by atoms with E-state index < -0.39 is 0 Å². The number of nitrogens with one attached hydrogen (secondary N) is 1. The molecular formula is C14H25NS. The second-order valence-corrected chi connectivity index (χ2v) is 5.73. The standard InChI is InChI=1S/C14H25NS/c1-5-8-15-14(7-6-11(2)3)13-10-16-9-12(13)4/h9-11,14-15H,5-8H2,1-4H3. The lowest BCUT2D eigenvalue weighted by Crippen LogP contribution is -2.22. The highest BCUT2D eigenvalue weighted by atomic mass is 32.1. The van der Waals surface area contributed by atoms with Gasteiger partial charge in [-0.3, -0.25) is 0 Å². The molecule has 1 nitrogen and oxygen atoms in total. The minimum Gasteiger partial charge on any atom is -0.310 e. The Morgan fingerprint density at radius 2 is 2.00 bits per heavy atom. The lowest BCUT2D eigenvalue weighted by Gasteiger charge is -2.19. The predicted molar refractivity (Wildman–Crippen MR) is 74.2 cm³/mol. The van der Waals surface area contributed by atoms with Gasteiger partial charge >= 0.3 is 0 Å². The monoisotopic (exact) mass is 239 g/mol. The molecule has 0 bridgehead atoms. The summed E-state index contributed by atoms with van der Waals surface area (Å²) in [7, 11) is 0. The second-order valence-electron chi connectivity index (χ2n) is 4.99. The summed E-state index contributed by atoms with van der Waals surface area (Å²) in [5.74, 6) is 0.796. The van der Waals surface area contributed by atoms with E-state index >= 15 is 0 Å². The molecule has 0 aromatic carbocycles. The van der Waals surface area contributed by atoms with Crippen LogP contribution in [0.25, 0.3) is 0 Å². The first kappa shape index (κ1) is 13.7. The van der Waals surface area contributed by atoms with Crippen molar-refractivity contribution in [2.24, 2.45) is 5.92 Å². The zero-order chi connectivity index (χ0) is 12.0. The third-order valence-corrected chi connectivity index (χ3v) is 3.82. The summed E-state index contributed by atoms with van der Waals surface area (Å²) in [6, 6.07) is 0.564. The van der Waals surface area contributed by atoms with Gasteiger partial charge in [0.25, 0.3) is 0 Å². The molecule has 1 rings (SSSR count). The summed E-state index contributed by atoms with van der Waals surface area (Å²) in [5, 5.41) is 8.24. The van der Waals surface area contributed by atoms with Gasteiger partial charge in [0.05, 0.1) is 0 Å². The molecule has 1 aromatic rings. The second kappa shape index (κ2) is 7.08. The van der Waals surface area contributed by atoms with Crippen molar-refractivity contribution >= 4 is 11.3 Å². The van der Waals surface area contributed by atoms with E-state index in [1.165, 1.54) is 30.4 Å². The highest BCUT2D eigenvalue weighted by Gasteiger charge is 2.13. The maximum atomic E-state index is 3.67. The van der Waals surface area contributed by atoms with E-state index in [0.717, 1.165) is 12.5 Å². The Bertz CT molecular complexity index is 291. The maximum Gasteiger partial charge on any atom is 0.0331 e. The van der Waals surface area contributed by atoms with Crippen LogP contribution in [-0.2, 0) is 0 Å². The molecule has 1 heterocycles. The highest BCUT2D eigenvalue weighted by Crippen LogP contribution is 2.26. The first-order valence-electron chi connectivity index (χ1n) is 6.41. The Labute approximate surface area is 104 Å². The van der Waals surface area contributed by atoms with E-state index in [2.05, 4.69) is 43.8 Å². The molecule has 0 aliphatic carbocycles. The van der Waals surface area contributed by atoms with Crippen LogP contribution in [0.4, 0.5) is 0 Å². The van der Waals surface area contributed by atoms with Gasteiger partial charge in [0.15, 0.2) is 0 Å². The fourth-order valence-corrected chi connectivity index (χ4v) is 2.82. The summed E-state index contributed by atoms with van der Waals surface area (Å²) < 4.78 is 0. The van der Waals surface area contributed by atoms with Gasteiger partial charge in [-0.15, -0.1) is 0 Å². The lowest BCUT2D eigenvalue weighted by molar-refractivity contribution is 0.440. The highest BCUT2D eigenvalue weighted by molar-refractivity contribution is 7.08. The molecule has 1 aromatic heterocycles. The maximum absolute atomic E-state index is 3.67. The van der Waals surface area contributed by atoms with Crippen molar-refractivity contribution in [1.29, 1.82) is 0 Å². The molecular weight excluding hydrogens is 214 g/mol. The molecule has 0 aliphatic rings. The van der Waals surface area contributed by atoms with Gasteiger partial charge in [0, 0.05) is 6.04 Å². The first-order chi connectivity index (χ1) is 7.65. The number of thiophene rings is 1. The zero-order valence-corrected chi connectivity index (χ0v) is 11.9. The number of aryl methyl sites for hydroxylation is 1. The molecule has 92 valence electrons. The summed E-state index contributed by atoms with van der Waals surface area (Å²) >= 11 is 1.82. The van der Waals surface area contributed by atoms with Crippen LogP contribution in [0.15, 0.2) is 10.8 Å². The molecule has 0 saturated carbocycles. The molecule has 0 aliphatic heterocycles. The first-order valence-corrected chi connectivity index (χ1v) is 7.35. The molecule has 0 saturated heterocycles. The van der Waals surface area contributed by atoms with Crippen LogP contribution in [0.5, 0.6) is 0 Å². The van der Waals surface area contributed by atoms with E-state index in [0.29, 0.717) is 6.04 Å². The molecule has 16 heavy (non-hydrogen) atoms. The van der Waals surface area contributed by atoms with Crippen LogP contribution in [0, 0.1) is 12.8 Å². The van der Waals surface area contributed by atoms with Gasteiger partial charge < -0.3 is 5.32 Å². The number of hydrogen-bond acceptors (Lipinski definition) is 2.